The molecule has 0 spiro atoms. The molecule has 68 valence electrons. The highest BCUT2D eigenvalue weighted by atomic mass is 35.5. The summed E-state index contributed by atoms with van der Waals surface area (Å²) < 4.78 is 0. The third-order valence-corrected chi connectivity index (χ3v) is 2.36. The first-order valence-corrected chi connectivity index (χ1v) is 4.98. The third-order valence-electron chi connectivity index (χ3n) is 2.15. The SMILES string of the molecule is CCN(C)CCC(C)CCCl. The van der Waals surface area contributed by atoms with Crippen molar-refractivity contribution in [2.75, 3.05) is 26.0 Å². The Morgan fingerprint density at radius 1 is 1.36 bits per heavy atom. The van der Waals surface area contributed by atoms with Gasteiger partial charge in [0.2, 0.25) is 0 Å². The number of alkyl halides is 1. The van der Waals surface area contributed by atoms with Gasteiger partial charge in [-0.3, -0.25) is 0 Å². The highest BCUT2D eigenvalue weighted by Crippen LogP contribution is 2.08. The quantitative estimate of drug-likeness (QED) is 0.564. The van der Waals surface area contributed by atoms with Crippen molar-refractivity contribution in [2.24, 2.45) is 5.92 Å². The summed E-state index contributed by atoms with van der Waals surface area (Å²) >= 11 is 5.63. The van der Waals surface area contributed by atoms with Gasteiger partial charge in [-0.25, -0.2) is 0 Å². The van der Waals surface area contributed by atoms with Crippen molar-refractivity contribution < 1.29 is 0 Å². The van der Waals surface area contributed by atoms with E-state index < -0.39 is 0 Å². The Bertz CT molecular complexity index is 85.6. The fourth-order valence-corrected chi connectivity index (χ4v) is 1.30. The zero-order valence-corrected chi connectivity index (χ0v) is 8.69. The average Bonchev–Trinajstić information content (AvgIpc) is 2.01. The molecule has 0 N–H and O–H groups in total. The predicted octanol–water partition coefficient (Wildman–Crippen LogP) is 2.59. The van der Waals surface area contributed by atoms with E-state index in [1.165, 1.54) is 13.0 Å². The molecule has 0 heterocycles. The smallest absolute Gasteiger partial charge is 0.0225 e. The summed E-state index contributed by atoms with van der Waals surface area (Å²) in [5, 5.41) is 0. The van der Waals surface area contributed by atoms with Crippen LogP contribution in [0.25, 0.3) is 0 Å². The van der Waals surface area contributed by atoms with Crippen molar-refractivity contribution in [3.8, 4) is 0 Å². The Labute approximate surface area is 75.7 Å². The molecular formula is C9H20ClN. The number of hydrogen-bond acceptors (Lipinski definition) is 1. The zero-order chi connectivity index (χ0) is 8.69. The lowest BCUT2D eigenvalue weighted by Gasteiger charge is -2.16. The predicted molar refractivity (Wildman–Crippen MR) is 52.3 cm³/mol. The maximum Gasteiger partial charge on any atom is 0.0225 e. The second kappa shape index (κ2) is 6.93. The molecule has 0 saturated heterocycles. The van der Waals surface area contributed by atoms with E-state index in [0.29, 0.717) is 0 Å². The summed E-state index contributed by atoms with van der Waals surface area (Å²) in [5.41, 5.74) is 0. The largest absolute Gasteiger partial charge is 0.307 e. The molecule has 0 aliphatic rings. The summed E-state index contributed by atoms with van der Waals surface area (Å²) in [6.45, 7) is 6.81. The molecule has 0 amide bonds. The van der Waals surface area contributed by atoms with Crippen LogP contribution in [0.2, 0.25) is 0 Å². The number of nitrogens with zero attached hydrogens (tertiary/aromatic N) is 1. The lowest BCUT2D eigenvalue weighted by atomic mass is 10.1. The van der Waals surface area contributed by atoms with Crippen LogP contribution in [-0.4, -0.2) is 30.9 Å². The number of halogens is 1. The molecule has 0 aromatic rings. The van der Waals surface area contributed by atoms with E-state index in [4.69, 9.17) is 11.6 Å². The third kappa shape index (κ3) is 6.64. The molecule has 0 aliphatic heterocycles. The van der Waals surface area contributed by atoms with E-state index >= 15 is 0 Å². The minimum absolute atomic E-state index is 0.779. The molecule has 0 saturated carbocycles. The van der Waals surface area contributed by atoms with Gasteiger partial charge in [-0.15, -0.1) is 11.6 Å². The molecule has 1 unspecified atom stereocenters. The fraction of sp³-hybridized carbons (Fsp3) is 1.00. The van der Waals surface area contributed by atoms with Crippen LogP contribution in [0.4, 0.5) is 0 Å². The maximum absolute atomic E-state index is 5.63. The van der Waals surface area contributed by atoms with Gasteiger partial charge in [0.05, 0.1) is 0 Å². The van der Waals surface area contributed by atoms with E-state index in [0.717, 1.165) is 24.8 Å². The van der Waals surface area contributed by atoms with Crippen LogP contribution >= 0.6 is 11.6 Å². The average molecular weight is 178 g/mol. The van der Waals surface area contributed by atoms with Gasteiger partial charge < -0.3 is 4.90 Å². The van der Waals surface area contributed by atoms with Crippen LogP contribution in [0.5, 0.6) is 0 Å². The van der Waals surface area contributed by atoms with Crippen LogP contribution in [0.1, 0.15) is 26.7 Å². The lowest BCUT2D eigenvalue weighted by Crippen LogP contribution is -2.20. The van der Waals surface area contributed by atoms with Crippen molar-refractivity contribution in [3.05, 3.63) is 0 Å². The summed E-state index contributed by atoms with van der Waals surface area (Å²) in [5.74, 6) is 1.58. The van der Waals surface area contributed by atoms with Gasteiger partial charge in [-0.2, -0.15) is 0 Å². The summed E-state index contributed by atoms with van der Waals surface area (Å²) in [6, 6.07) is 0. The molecule has 0 aromatic carbocycles. The minimum atomic E-state index is 0.779. The molecule has 0 radical (unpaired) electrons. The second-order valence-corrected chi connectivity index (χ2v) is 3.65. The minimum Gasteiger partial charge on any atom is -0.307 e. The molecule has 0 aliphatic carbocycles. The fourth-order valence-electron chi connectivity index (χ4n) is 0.929. The number of hydrogen-bond donors (Lipinski definition) is 0. The Morgan fingerprint density at radius 2 is 2.00 bits per heavy atom. The van der Waals surface area contributed by atoms with Crippen LogP contribution in [-0.2, 0) is 0 Å². The zero-order valence-electron chi connectivity index (χ0n) is 7.94. The molecule has 0 bridgehead atoms. The Balaban J connectivity index is 3.22. The number of rotatable bonds is 6. The first-order chi connectivity index (χ1) is 5.20. The second-order valence-electron chi connectivity index (χ2n) is 3.27. The van der Waals surface area contributed by atoms with E-state index in [1.54, 1.807) is 0 Å². The van der Waals surface area contributed by atoms with Crippen molar-refractivity contribution >= 4 is 11.6 Å². The Kier molecular flexibility index (Phi) is 7.09. The van der Waals surface area contributed by atoms with Crippen LogP contribution < -0.4 is 0 Å². The van der Waals surface area contributed by atoms with Crippen molar-refractivity contribution in [1.29, 1.82) is 0 Å². The molecule has 2 heteroatoms. The molecule has 0 fully saturated rings. The van der Waals surface area contributed by atoms with Crippen molar-refractivity contribution in [1.82, 2.24) is 4.90 Å². The van der Waals surface area contributed by atoms with Gasteiger partial charge in [-0.05, 0) is 38.9 Å². The molecular weight excluding hydrogens is 158 g/mol. The Hall–Kier alpha value is 0.250. The van der Waals surface area contributed by atoms with E-state index in [1.807, 2.05) is 0 Å². The van der Waals surface area contributed by atoms with Gasteiger partial charge in [0.25, 0.3) is 0 Å². The van der Waals surface area contributed by atoms with E-state index in [9.17, 15) is 0 Å². The normalized spacial score (nSPS) is 13.9. The molecule has 11 heavy (non-hydrogen) atoms. The standard InChI is InChI=1S/C9H20ClN/c1-4-11(3)8-6-9(2)5-7-10/h9H,4-8H2,1-3H3. The van der Waals surface area contributed by atoms with Crippen LogP contribution in [0, 0.1) is 5.92 Å². The van der Waals surface area contributed by atoms with Crippen molar-refractivity contribution in [2.45, 2.75) is 26.7 Å². The Morgan fingerprint density at radius 3 is 2.45 bits per heavy atom. The monoisotopic (exact) mass is 177 g/mol. The lowest BCUT2D eigenvalue weighted by molar-refractivity contribution is 0.317. The van der Waals surface area contributed by atoms with Crippen molar-refractivity contribution in [3.63, 3.8) is 0 Å². The van der Waals surface area contributed by atoms with Gasteiger partial charge >= 0.3 is 0 Å². The van der Waals surface area contributed by atoms with Gasteiger partial charge in [0.1, 0.15) is 0 Å². The topological polar surface area (TPSA) is 3.24 Å². The molecule has 0 rings (SSSR count). The highest BCUT2D eigenvalue weighted by molar-refractivity contribution is 6.17. The van der Waals surface area contributed by atoms with Crippen LogP contribution in [0.15, 0.2) is 0 Å². The molecule has 1 atom stereocenters. The van der Waals surface area contributed by atoms with Gasteiger partial charge in [0, 0.05) is 5.88 Å². The van der Waals surface area contributed by atoms with E-state index in [-0.39, 0.29) is 0 Å². The van der Waals surface area contributed by atoms with Gasteiger partial charge in [0.15, 0.2) is 0 Å². The van der Waals surface area contributed by atoms with E-state index in [2.05, 4.69) is 25.8 Å². The first kappa shape index (κ1) is 11.2. The maximum atomic E-state index is 5.63. The summed E-state index contributed by atoms with van der Waals surface area (Å²) in [7, 11) is 2.16. The summed E-state index contributed by atoms with van der Waals surface area (Å²) in [4.78, 5) is 2.34. The first-order valence-electron chi connectivity index (χ1n) is 4.45. The van der Waals surface area contributed by atoms with Crippen LogP contribution in [0.3, 0.4) is 0 Å². The summed E-state index contributed by atoms with van der Waals surface area (Å²) in [6.07, 6.45) is 2.43. The molecule has 1 nitrogen and oxygen atoms in total. The van der Waals surface area contributed by atoms with Gasteiger partial charge in [-0.1, -0.05) is 13.8 Å². The molecule has 0 aromatic heterocycles. The highest BCUT2D eigenvalue weighted by Gasteiger charge is 2.02.